The number of hydrogen-bond acceptors (Lipinski definition) is 3. The van der Waals surface area contributed by atoms with Crippen molar-refractivity contribution in [1.29, 1.82) is 0 Å². The predicted molar refractivity (Wildman–Crippen MR) is 46.5 cm³/mol. The Kier molecular flexibility index (Phi) is 2.85. The molecule has 0 amide bonds. The van der Waals surface area contributed by atoms with Crippen LogP contribution in [0.3, 0.4) is 0 Å². The third-order valence-electron chi connectivity index (χ3n) is 1.51. The van der Waals surface area contributed by atoms with Gasteiger partial charge in [0.2, 0.25) is 0 Å². The highest BCUT2D eigenvalue weighted by Gasteiger charge is 2.14. The minimum Gasteiger partial charge on any atom is -0.504 e. The highest BCUT2D eigenvalue weighted by atomic mass is 35.5. The first-order chi connectivity index (χ1) is 6.06. The lowest BCUT2D eigenvalue weighted by atomic mass is 10.1. The van der Waals surface area contributed by atoms with Crippen molar-refractivity contribution in [3.05, 3.63) is 28.5 Å². The van der Waals surface area contributed by atoms with Crippen molar-refractivity contribution in [3.63, 3.8) is 0 Å². The van der Waals surface area contributed by atoms with E-state index >= 15 is 0 Å². The summed E-state index contributed by atoms with van der Waals surface area (Å²) >= 11 is 5.48. The van der Waals surface area contributed by atoms with Gasteiger partial charge in [0.25, 0.3) is 0 Å². The molecule has 0 saturated heterocycles. The number of carbonyl (C=O) groups excluding carboxylic acids is 1. The monoisotopic (exact) mass is 203 g/mol. The third kappa shape index (κ3) is 1.96. The van der Waals surface area contributed by atoms with Crippen molar-refractivity contribution in [1.82, 2.24) is 0 Å². The molecule has 0 fully saturated rings. The summed E-state index contributed by atoms with van der Waals surface area (Å²) in [4.78, 5) is 11.0. The second-order valence-electron chi connectivity index (χ2n) is 2.41. The van der Waals surface area contributed by atoms with E-state index in [0.29, 0.717) is 0 Å². The van der Waals surface area contributed by atoms with Crippen LogP contribution in [0.4, 0.5) is 4.39 Å². The Labute approximate surface area is 78.9 Å². The third-order valence-corrected chi connectivity index (χ3v) is 1.73. The Morgan fingerprint density at radius 3 is 2.77 bits per heavy atom. The van der Waals surface area contributed by atoms with Gasteiger partial charge in [0.1, 0.15) is 0 Å². The number of Topliss-reactive ketones (excluding diaryl/α,β-unsaturated/α-hetero) is 1. The van der Waals surface area contributed by atoms with Crippen LogP contribution in [0.25, 0.3) is 0 Å². The number of aromatic hydroxyl groups is 1. The molecule has 0 heterocycles. The Morgan fingerprint density at radius 2 is 2.23 bits per heavy atom. The molecule has 5 heteroatoms. The highest BCUT2D eigenvalue weighted by Crippen LogP contribution is 2.25. The van der Waals surface area contributed by atoms with Gasteiger partial charge >= 0.3 is 0 Å². The molecule has 0 spiro atoms. The summed E-state index contributed by atoms with van der Waals surface area (Å²) in [6, 6.07) is 2.10. The van der Waals surface area contributed by atoms with Crippen LogP contribution in [0.1, 0.15) is 10.4 Å². The molecule has 1 rings (SSSR count). The fraction of sp³-hybridized carbons (Fsp3) is 0.125. The molecule has 0 unspecified atom stereocenters. The average molecular weight is 204 g/mol. The number of ketones is 1. The quantitative estimate of drug-likeness (QED) is 0.713. The summed E-state index contributed by atoms with van der Waals surface area (Å²) < 4.78 is 12.8. The molecule has 0 atom stereocenters. The minimum absolute atomic E-state index is 0.0482. The van der Waals surface area contributed by atoms with Crippen LogP contribution in [0.5, 0.6) is 5.75 Å². The lowest BCUT2D eigenvalue weighted by Crippen LogP contribution is -2.14. The van der Waals surface area contributed by atoms with Crippen molar-refractivity contribution in [2.24, 2.45) is 5.73 Å². The molecule has 0 aliphatic heterocycles. The van der Waals surface area contributed by atoms with E-state index in [4.69, 9.17) is 22.4 Å². The maximum absolute atomic E-state index is 12.8. The van der Waals surface area contributed by atoms with Crippen LogP contribution in [0.2, 0.25) is 5.02 Å². The van der Waals surface area contributed by atoms with Crippen molar-refractivity contribution in [3.8, 4) is 5.75 Å². The zero-order valence-corrected chi connectivity index (χ0v) is 7.31. The summed E-state index contributed by atoms with van der Waals surface area (Å²) in [5, 5.41) is 9.16. The first kappa shape index (κ1) is 9.95. The molecule has 0 aliphatic rings. The first-order valence-corrected chi connectivity index (χ1v) is 3.85. The molecule has 0 aromatic heterocycles. The number of rotatable bonds is 2. The van der Waals surface area contributed by atoms with Gasteiger partial charge in [0.15, 0.2) is 17.3 Å². The van der Waals surface area contributed by atoms with Crippen molar-refractivity contribution in [2.45, 2.75) is 0 Å². The number of halogens is 2. The van der Waals surface area contributed by atoms with Gasteiger partial charge < -0.3 is 10.8 Å². The molecular formula is C8H7ClFNO2. The normalized spacial score (nSPS) is 10.1. The predicted octanol–water partition coefficient (Wildman–Crippen LogP) is 1.33. The van der Waals surface area contributed by atoms with Crippen molar-refractivity contribution in [2.75, 3.05) is 6.54 Å². The molecule has 1 aromatic rings. The summed E-state index contributed by atoms with van der Waals surface area (Å²) in [5.41, 5.74) is 4.86. The molecule has 0 aliphatic carbocycles. The molecule has 70 valence electrons. The Balaban J connectivity index is 3.28. The molecule has 0 saturated carbocycles. The maximum Gasteiger partial charge on any atom is 0.180 e. The van der Waals surface area contributed by atoms with Gasteiger partial charge in [-0.3, -0.25) is 4.79 Å². The zero-order valence-electron chi connectivity index (χ0n) is 6.55. The lowest BCUT2D eigenvalue weighted by Gasteiger charge is -2.03. The van der Waals surface area contributed by atoms with Crippen LogP contribution in [0, 0.1) is 5.82 Å². The summed E-state index contributed by atoms with van der Waals surface area (Å²) in [6.07, 6.45) is 0. The molecule has 3 nitrogen and oxygen atoms in total. The fourth-order valence-electron chi connectivity index (χ4n) is 0.888. The fourth-order valence-corrected chi connectivity index (χ4v) is 1.09. The number of phenolic OH excluding ortho intramolecular Hbond substituents is 1. The number of phenols is 1. The molecular weight excluding hydrogens is 197 g/mol. The largest absolute Gasteiger partial charge is 0.504 e. The summed E-state index contributed by atoms with van der Waals surface area (Å²) in [5.74, 6) is -2.19. The van der Waals surface area contributed by atoms with Crippen molar-refractivity contribution >= 4 is 17.4 Å². The summed E-state index contributed by atoms with van der Waals surface area (Å²) in [7, 11) is 0. The van der Waals surface area contributed by atoms with Gasteiger partial charge in [-0.05, 0) is 12.1 Å². The van der Waals surface area contributed by atoms with Crippen LogP contribution < -0.4 is 5.73 Å². The molecule has 1 aromatic carbocycles. The smallest absolute Gasteiger partial charge is 0.180 e. The van der Waals surface area contributed by atoms with Crippen LogP contribution in [-0.4, -0.2) is 17.4 Å². The van der Waals surface area contributed by atoms with Gasteiger partial charge in [0, 0.05) is 5.02 Å². The van der Waals surface area contributed by atoms with E-state index in [2.05, 4.69) is 0 Å². The minimum atomic E-state index is -0.927. The SMILES string of the molecule is NCC(=O)c1cc(Cl)cc(F)c1O. The van der Waals surface area contributed by atoms with E-state index in [-0.39, 0.29) is 17.1 Å². The van der Waals surface area contributed by atoms with E-state index in [1.165, 1.54) is 6.07 Å². The van der Waals surface area contributed by atoms with Gasteiger partial charge in [-0.15, -0.1) is 0 Å². The summed E-state index contributed by atoms with van der Waals surface area (Å²) in [6.45, 7) is -0.298. The standard InChI is InChI=1S/C8H7ClFNO2/c9-4-1-5(7(12)3-11)8(13)6(10)2-4/h1-2,13H,3,11H2. The number of hydrogen-bond donors (Lipinski definition) is 2. The van der Waals surface area contributed by atoms with Crippen molar-refractivity contribution < 1.29 is 14.3 Å². The van der Waals surface area contributed by atoms with Gasteiger partial charge in [-0.25, -0.2) is 4.39 Å². The van der Waals surface area contributed by atoms with Gasteiger partial charge in [0.05, 0.1) is 12.1 Å². The number of nitrogens with two attached hydrogens (primary N) is 1. The molecule has 0 radical (unpaired) electrons. The molecule has 3 N–H and O–H groups in total. The van der Waals surface area contributed by atoms with E-state index in [1.807, 2.05) is 0 Å². The van der Waals surface area contributed by atoms with Crippen LogP contribution in [-0.2, 0) is 0 Å². The lowest BCUT2D eigenvalue weighted by molar-refractivity contribution is 0.0998. The maximum atomic E-state index is 12.8. The first-order valence-electron chi connectivity index (χ1n) is 3.47. The highest BCUT2D eigenvalue weighted by molar-refractivity contribution is 6.31. The number of carbonyl (C=O) groups is 1. The molecule has 13 heavy (non-hydrogen) atoms. The molecule has 0 bridgehead atoms. The van der Waals surface area contributed by atoms with E-state index < -0.39 is 17.3 Å². The van der Waals surface area contributed by atoms with Gasteiger partial charge in [-0.2, -0.15) is 0 Å². The van der Waals surface area contributed by atoms with E-state index in [0.717, 1.165) is 6.07 Å². The Hall–Kier alpha value is -1.13. The van der Waals surface area contributed by atoms with Crippen LogP contribution >= 0.6 is 11.6 Å². The second kappa shape index (κ2) is 3.72. The van der Waals surface area contributed by atoms with E-state index in [9.17, 15) is 9.18 Å². The second-order valence-corrected chi connectivity index (χ2v) is 2.85. The topological polar surface area (TPSA) is 63.3 Å². The van der Waals surface area contributed by atoms with E-state index in [1.54, 1.807) is 0 Å². The Bertz CT molecular complexity index is 354. The van der Waals surface area contributed by atoms with Gasteiger partial charge in [-0.1, -0.05) is 11.6 Å². The number of benzene rings is 1. The van der Waals surface area contributed by atoms with Crippen LogP contribution in [0.15, 0.2) is 12.1 Å². The zero-order chi connectivity index (χ0) is 10.0. The Morgan fingerprint density at radius 1 is 1.62 bits per heavy atom. The average Bonchev–Trinajstić information content (AvgIpc) is 2.10.